The van der Waals surface area contributed by atoms with Gasteiger partial charge in [-0.3, -0.25) is 14.8 Å². The number of thioether (sulfide) groups is 1. The topological polar surface area (TPSA) is 99.3 Å². The van der Waals surface area contributed by atoms with E-state index in [0.717, 1.165) is 35.7 Å². The summed E-state index contributed by atoms with van der Waals surface area (Å²) in [7, 11) is 0. The van der Waals surface area contributed by atoms with Crippen molar-refractivity contribution in [3.63, 3.8) is 0 Å². The van der Waals surface area contributed by atoms with E-state index < -0.39 is 0 Å². The monoisotopic (exact) mass is 356 g/mol. The zero-order valence-electron chi connectivity index (χ0n) is 13.7. The van der Waals surface area contributed by atoms with Gasteiger partial charge in [-0.15, -0.1) is 0 Å². The minimum Gasteiger partial charge on any atom is -0.356 e. The largest absolute Gasteiger partial charge is 0.356 e. The number of H-pyrrole nitrogens is 2. The van der Waals surface area contributed by atoms with Crippen LogP contribution in [0.1, 0.15) is 23.2 Å². The van der Waals surface area contributed by atoms with Crippen molar-refractivity contribution in [1.82, 2.24) is 24.9 Å². The summed E-state index contributed by atoms with van der Waals surface area (Å²) in [6.07, 6.45) is 10.2. The Morgan fingerprint density at radius 3 is 2.96 bits per heavy atom. The van der Waals surface area contributed by atoms with Crippen LogP contribution in [0.3, 0.4) is 0 Å². The summed E-state index contributed by atoms with van der Waals surface area (Å²) in [5.41, 5.74) is 2.57. The molecule has 130 valence electrons. The van der Waals surface area contributed by atoms with Gasteiger partial charge in [-0.05, 0) is 23.8 Å². The van der Waals surface area contributed by atoms with E-state index in [1.165, 1.54) is 0 Å². The number of imidazole rings is 1. The van der Waals surface area contributed by atoms with Gasteiger partial charge in [-0.1, -0.05) is 6.07 Å². The van der Waals surface area contributed by atoms with Crippen LogP contribution >= 0.6 is 11.8 Å². The minimum atomic E-state index is -0.116. The molecule has 3 aromatic heterocycles. The SMILES string of the molecule is O=c1[nH]c(NCCCSCc2c[nH]cn2)ncc1Cc1cccnc1. The maximum atomic E-state index is 12.1. The number of anilines is 1. The molecule has 0 aliphatic heterocycles. The maximum absolute atomic E-state index is 12.1. The lowest BCUT2D eigenvalue weighted by Crippen LogP contribution is -2.17. The predicted octanol–water partition coefficient (Wildman–Crippen LogP) is 2.21. The molecule has 0 unspecified atom stereocenters. The van der Waals surface area contributed by atoms with Gasteiger partial charge in [0.15, 0.2) is 0 Å². The molecule has 0 fully saturated rings. The van der Waals surface area contributed by atoms with Crippen LogP contribution in [0.2, 0.25) is 0 Å². The Morgan fingerprint density at radius 1 is 1.24 bits per heavy atom. The number of pyridine rings is 1. The average Bonchev–Trinajstić information content (AvgIpc) is 3.14. The van der Waals surface area contributed by atoms with E-state index in [1.54, 1.807) is 24.9 Å². The first-order valence-corrected chi connectivity index (χ1v) is 9.23. The molecule has 0 saturated heterocycles. The molecule has 0 saturated carbocycles. The second-order valence-corrected chi connectivity index (χ2v) is 6.62. The van der Waals surface area contributed by atoms with Gasteiger partial charge in [-0.2, -0.15) is 11.8 Å². The van der Waals surface area contributed by atoms with Gasteiger partial charge in [0.25, 0.3) is 5.56 Å². The minimum absolute atomic E-state index is 0.116. The van der Waals surface area contributed by atoms with Crippen molar-refractivity contribution < 1.29 is 0 Å². The normalized spacial score (nSPS) is 10.7. The van der Waals surface area contributed by atoms with Crippen LogP contribution in [0.15, 0.2) is 48.0 Å². The van der Waals surface area contributed by atoms with Crippen LogP contribution in [0.5, 0.6) is 0 Å². The van der Waals surface area contributed by atoms with Crippen molar-refractivity contribution in [2.45, 2.75) is 18.6 Å². The molecule has 0 aliphatic carbocycles. The zero-order chi connectivity index (χ0) is 17.3. The number of aromatic nitrogens is 5. The number of nitrogens with one attached hydrogen (secondary N) is 3. The summed E-state index contributed by atoms with van der Waals surface area (Å²) in [5.74, 6) is 2.43. The Hall–Kier alpha value is -2.61. The first kappa shape index (κ1) is 17.2. The molecule has 7 nitrogen and oxygen atoms in total. The second-order valence-electron chi connectivity index (χ2n) is 5.52. The highest BCUT2D eigenvalue weighted by atomic mass is 32.2. The van der Waals surface area contributed by atoms with Crippen LogP contribution in [-0.4, -0.2) is 37.2 Å². The third-order valence-electron chi connectivity index (χ3n) is 3.55. The third kappa shape index (κ3) is 5.46. The molecule has 0 aliphatic rings. The fraction of sp³-hybridized carbons (Fsp3) is 0.294. The average molecular weight is 356 g/mol. The highest BCUT2D eigenvalue weighted by Crippen LogP contribution is 2.10. The lowest BCUT2D eigenvalue weighted by Gasteiger charge is -2.06. The Kier molecular flexibility index (Phi) is 6.22. The molecule has 0 aromatic carbocycles. The van der Waals surface area contributed by atoms with Crippen LogP contribution in [0.4, 0.5) is 5.95 Å². The van der Waals surface area contributed by atoms with Crippen molar-refractivity contribution in [2.24, 2.45) is 0 Å². The van der Waals surface area contributed by atoms with Crippen LogP contribution < -0.4 is 10.9 Å². The summed E-state index contributed by atoms with van der Waals surface area (Å²) >= 11 is 1.83. The summed E-state index contributed by atoms with van der Waals surface area (Å²) in [6.45, 7) is 0.762. The Bertz CT molecular complexity index is 819. The van der Waals surface area contributed by atoms with E-state index in [9.17, 15) is 4.79 Å². The Balaban J connectivity index is 1.41. The zero-order valence-corrected chi connectivity index (χ0v) is 14.6. The number of hydrogen-bond donors (Lipinski definition) is 3. The Labute approximate surface area is 149 Å². The molecular weight excluding hydrogens is 336 g/mol. The fourth-order valence-corrected chi connectivity index (χ4v) is 3.15. The molecule has 3 N–H and O–H groups in total. The molecule has 0 spiro atoms. The van der Waals surface area contributed by atoms with Gasteiger partial charge < -0.3 is 10.3 Å². The van der Waals surface area contributed by atoms with Gasteiger partial charge in [0.05, 0.1) is 12.0 Å². The lowest BCUT2D eigenvalue weighted by atomic mass is 10.1. The number of hydrogen-bond acceptors (Lipinski definition) is 6. The molecule has 0 atom stereocenters. The molecule has 0 amide bonds. The summed E-state index contributed by atoms with van der Waals surface area (Å²) in [6, 6.07) is 3.80. The number of rotatable bonds is 9. The molecule has 8 heteroatoms. The van der Waals surface area contributed by atoms with Gasteiger partial charge >= 0.3 is 0 Å². The van der Waals surface area contributed by atoms with Crippen LogP contribution in [0, 0.1) is 0 Å². The number of aromatic amines is 2. The summed E-state index contributed by atoms with van der Waals surface area (Å²) in [5, 5.41) is 3.16. The molecule has 3 rings (SSSR count). The standard InChI is InChI=1S/C17H20N6OS/c24-16-14(7-13-3-1-4-18-8-13)9-21-17(23-16)20-5-2-6-25-11-15-10-19-12-22-15/h1,3-4,8-10,12H,2,5-7,11H2,(H,19,22)(H2,20,21,23,24). The molecule has 0 radical (unpaired) electrons. The second kappa shape index (κ2) is 9.03. The van der Waals surface area contributed by atoms with E-state index in [1.807, 2.05) is 30.1 Å². The van der Waals surface area contributed by atoms with E-state index in [0.29, 0.717) is 17.9 Å². The van der Waals surface area contributed by atoms with Crippen molar-refractivity contribution in [3.05, 3.63) is 70.4 Å². The maximum Gasteiger partial charge on any atom is 0.255 e. The van der Waals surface area contributed by atoms with Gasteiger partial charge in [-0.25, -0.2) is 9.97 Å². The fourth-order valence-electron chi connectivity index (χ4n) is 2.29. The van der Waals surface area contributed by atoms with E-state index in [2.05, 4.69) is 30.2 Å². The predicted molar refractivity (Wildman–Crippen MR) is 99.8 cm³/mol. The van der Waals surface area contributed by atoms with Crippen molar-refractivity contribution in [1.29, 1.82) is 0 Å². The number of nitrogens with zero attached hydrogens (tertiary/aromatic N) is 3. The Morgan fingerprint density at radius 2 is 2.20 bits per heavy atom. The van der Waals surface area contributed by atoms with Crippen molar-refractivity contribution in [3.8, 4) is 0 Å². The van der Waals surface area contributed by atoms with E-state index in [-0.39, 0.29) is 5.56 Å². The van der Waals surface area contributed by atoms with Crippen LogP contribution in [0.25, 0.3) is 0 Å². The smallest absolute Gasteiger partial charge is 0.255 e. The first-order chi connectivity index (χ1) is 12.3. The molecule has 3 heterocycles. The van der Waals surface area contributed by atoms with Gasteiger partial charge in [0.2, 0.25) is 5.95 Å². The molecule has 3 aromatic rings. The summed E-state index contributed by atoms with van der Waals surface area (Å²) < 4.78 is 0. The first-order valence-electron chi connectivity index (χ1n) is 8.07. The highest BCUT2D eigenvalue weighted by Gasteiger charge is 2.04. The third-order valence-corrected chi connectivity index (χ3v) is 4.63. The quantitative estimate of drug-likeness (QED) is 0.508. The summed E-state index contributed by atoms with van der Waals surface area (Å²) in [4.78, 5) is 30.4. The van der Waals surface area contributed by atoms with Crippen molar-refractivity contribution >= 4 is 17.7 Å². The van der Waals surface area contributed by atoms with E-state index in [4.69, 9.17) is 0 Å². The molecule has 0 bridgehead atoms. The lowest BCUT2D eigenvalue weighted by molar-refractivity contribution is 0.942. The highest BCUT2D eigenvalue weighted by molar-refractivity contribution is 7.98. The van der Waals surface area contributed by atoms with E-state index >= 15 is 0 Å². The van der Waals surface area contributed by atoms with Crippen LogP contribution in [-0.2, 0) is 12.2 Å². The molecular formula is C17H20N6OS. The van der Waals surface area contributed by atoms with Crippen molar-refractivity contribution in [2.75, 3.05) is 17.6 Å². The van der Waals surface area contributed by atoms with Gasteiger partial charge in [0.1, 0.15) is 0 Å². The molecule has 25 heavy (non-hydrogen) atoms. The van der Waals surface area contributed by atoms with Gasteiger partial charge in [0, 0.05) is 49.1 Å².